The highest BCUT2D eigenvalue weighted by Crippen LogP contribution is 2.29. The van der Waals surface area contributed by atoms with Gasteiger partial charge in [0.25, 0.3) is 5.91 Å². The molecule has 6 nitrogen and oxygen atoms in total. The van der Waals surface area contributed by atoms with Crippen molar-refractivity contribution >= 4 is 34.1 Å². The number of fused-ring (bicyclic) bond motifs is 3. The van der Waals surface area contributed by atoms with Gasteiger partial charge in [0.2, 0.25) is 5.91 Å². The lowest BCUT2D eigenvalue weighted by atomic mass is 10.0. The molecule has 0 bridgehead atoms. The number of benzene rings is 3. The Morgan fingerprint density at radius 2 is 1.76 bits per heavy atom. The zero-order valence-electron chi connectivity index (χ0n) is 19.5. The molecule has 0 saturated heterocycles. The fraction of sp³-hybridized carbons (Fsp3) is 0.214. The second-order valence-corrected chi connectivity index (χ2v) is 8.97. The molecule has 1 aromatic heterocycles. The third-order valence-electron chi connectivity index (χ3n) is 6.43. The van der Waals surface area contributed by atoms with Crippen LogP contribution in [0.5, 0.6) is 0 Å². The smallest absolute Gasteiger partial charge is 0.255 e. The summed E-state index contributed by atoms with van der Waals surface area (Å²) in [5, 5.41) is 4.04. The van der Waals surface area contributed by atoms with Gasteiger partial charge in [0, 0.05) is 54.2 Å². The minimum absolute atomic E-state index is 0.134. The average Bonchev–Trinajstić information content (AvgIpc) is 3.22. The number of aromatic amines is 1. The molecular weight excluding hydrogens is 424 g/mol. The van der Waals surface area contributed by atoms with E-state index >= 15 is 0 Å². The van der Waals surface area contributed by atoms with Gasteiger partial charge in [-0.3, -0.25) is 9.59 Å². The molecule has 2 N–H and O–H groups in total. The molecule has 5 rings (SSSR count). The Hall–Kier alpha value is -4.06. The lowest BCUT2D eigenvalue weighted by Crippen LogP contribution is -2.36. The van der Waals surface area contributed by atoms with Crippen LogP contribution < -0.4 is 10.2 Å². The minimum Gasteiger partial charge on any atom is -0.378 e. The van der Waals surface area contributed by atoms with Gasteiger partial charge in [0.1, 0.15) is 0 Å². The van der Waals surface area contributed by atoms with Crippen LogP contribution in [-0.2, 0) is 24.2 Å². The van der Waals surface area contributed by atoms with Crippen LogP contribution >= 0.6 is 0 Å². The maximum Gasteiger partial charge on any atom is 0.255 e. The van der Waals surface area contributed by atoms with Gasteiger partial charge in [-0.25, -0.2) is 0 Å². The van der Waals surface area contributed by atoms with E-state index in [1.165, 1.54) is 5.56 Å². The fourth-order valence-electron chi connectivity index (χ4n) is 4.52. The Labute approximate surface area is 199 Å². The predicted octanol–water partition coefficient (Wildman–Crippen LogP) is 4.61. The maximum atomic E-state index is 12.9. The van der Waals surface area contributed by atoms with E-state index in [0.717, 1.165) is 40.0 Å². The lowest BCUT2D eigenvalue weighted by molar-refractivity contribution is -0.131. The van der Waals surface area contributed by atoms with E-state index in [1.807, 2.05) is 96.7 Å². The zero-order valence-corrected chi connectivity index (χ0v) is 19.5. The van der Waals surface area contributed by atoms with E-state index in [1.54, 1.807) is 0 Å². The van der Waals surface area contributed by atoms with Crippen molar-refractivity contribution in [1.29, 1.82) is 0 Å². The number of anilines is 2. The van der Waals surface area contributed by atoms with Crippen molar-refractivity contribution in [2.45, 2.75) is 19.4 Å². The molecule has 0 saturated carbocycles. The largest absolute Gasteiger partial charge is 0.378 e. The highest BCUT2D eigenvalue weighted by molar-refractivity contribution is 6.06. The number of hydrogen-bond donors (Lipinski definition) is 2. The van der Waals surface area contributed by atoms with Crippen molar-refractivity contribution in [1.82, 2.24) is 9.88 Å². The fourth-order valence-corrected chi connectivity index (χ4v) is 4.52. The van der Waals surface area contributed by atoms with Gasteiger partial charge in [0.15, 0.2) is 0 Å². The first-order valence-corrected chi connectivity index (χ1v) is 11.5. The summed E-state index contributed by atoms with van der Waals surface area (Å²) in [6.07, 6.45) is 1.18. The molecule has 2 amide bonds. The van der Waals surface area contributed by atoms with Gasteiger partial charge >= 0.3 is 0 Å². The summed E-state index contributed by atoms with van der Waals surface area (Å²) in [5.41, 5.74) is 6.74. The number of aromatic nitrogens is 1. The van der Waals surface area contributed by atoms with Gasteiger partial charge in [0.05, 0.1) is 13.0 Å². The van der Waals surface area contributed by atoms with E-state index in [0.29, 0.717) is 25.1 Å². The first kappa shape index (κ1) is 21.8. The number of amides is 2. The van der Waals surface area contributed by atoms with Crippen LogP contribution in [0.4, 0.5) is 11.4 Å². The van der Waals surface area contributed by atoms with Crippen molar-refractivity contribution in [3.63, 3.8) is 0 Å². The van der Waals surface area contributed by atoms with E-state index < -0.39 is 0 Å². The molecule has 34 heavy (non-hydrogen) atoms. The monoisotopic (exact) mass is 452 g/mol. The number of H-pyrrole nitrogens is 1. The lowest BCUT2D eigenvalue weighted by Gasteiger charge is -2.27. The zero-order chi connectivity index (χ0) is 23.7. The van der Waals surface area contributed by atoms with E-state index in [4.69, 9.17) is 0 Å². The number of hydrogen-bond acceptors (Lipinski definition) is 3. The predicted molar refractivity (Wildman–Crippen MR) is 136 cm³/mol. The molecule has 6 heteroatoms. The van der Waals surface area contributed by atoms with Crippen LogP contribution in [0.15, 0.2) is 72.8 Å². The van der Waals surface area contributed by atoms with Crippen LogP contribution in [0, 0.1) is 0 Å². The molecule has 0 aliphatic carbocycles. The number of nitrogens with one attached hydrogen (secondary N) is 2. The van der Waals surface area contributed by atoms with Gasteiger partial charge < -0.3 is 20.1 Å². The topological polar surface area (TPSA) is 68.4 Å². The Morgan fingerprint density at radius 3 is 2.50 bits per heavy atom. The SMILES string of the molecule is CN(C)c1ccc(NC(=O)c2ccc3[nH]c4c(c3c2)CCN(C(=O)Cc2ccccc2)C4)cc1. The summed E-state index contributed by atoms with van der Waals surface area (Å²) >= 11 is 0. The van der Waals surface area contributed by atoms with Crippen LogP contribution in [0.2, 0.25) is 0 Å². The molecule has 3 aromatic carbocycles. The normalized spacial score (nSPS) is 12.9. The molecule has 172 valence electrons. The summed E-state index contributed by atoms with van der Waals surface area (Å²) in [6, 6.07) is 23.4. The third-order valence-corrected chi connectivity index (χ3v) is 6.43. The van der Waals surface area contributed by atoms with Crippen LogP contribution in [-0.4, -0.2) is 42.3 Å². The summed E-state index contributed by atoms with van der Waals surface area (Å²) in [7, 11) is 3.97. The summed E-state index contributed by atoms with van der Waals surface area (Å²) in [4.78, 5) is 33.1. The molecule has 0 radical (unpaired) electrons. The maximum absolute atomic E-state index is 12.9. The molecule has 1 aliphatic rings. The second-order valence-electron chi connectivity index (χ2n) is 8.97. The van der Waals surface area contributed by atoms with Crippen molar-refractivity contribution in [2.24, 2.45) is 0 Å². The van der Waals surface area contributed by atoms with Gasteiger partial charge in [-0.2, -0.15) is 0 Å². The molecular formula is C28H28N4O2. The number of carbonyl (C=O) groups excluding carboxylic acids is 2. The quantitative estimate of drug-likeness (QED) is 0.465. The van der Waals surface area contributed by atoms with E-state index in [9.17, 15) is 9.59 Å². The molecule has 0 fully saturated rings. The Bertz CT molecular complexity index is 1340. The van der Waals surface area contributed by atoms with Crippen molar-refractivity contribution in [2.75, 3.05) is 30.9 Å². The Balaban J connectivity index is 1.31. The molecule has 0 unspecified atom stereocenters. The van der Waals surface area contributed by atoms with Crippen molar-refractivity contribution in [3.05, 3.63) is 95.2 Å². The van der Waals surface area contributed by atoms with Crippen molar-refractivity contribution in [3.8, 4) is 0 Å². The molecule has 4 aromatic rings. The molecule has 0 atom stereocenters. The number of carbonyl (C=O) groups is 2. The molecule has 0 spiro atoms. The number of rotatable bonds is 5. The summed E-state index contributed by atoms with van der Waals surface area (Å²) < 4.78 is 0. The minimum atomic E-state index is -0.134. The van der Waals surface area contributed by atoms with Crippen LogP contribution in [0.1, 0.15) is 27.2 Å². The van der Waals surface area contributed by atoms with Gasteiger partial charge in [-0.1, -0.05) is 30.3 Å². The van der Waals surface area contributed by atoms with Gasteiger partial charge in [-0.15, -0.1) is 0 Å². The van der Waals surface area contributed by atoms with Crippen molar-refractivity contribution < 1.29 is 9.59 Å². The van der Waals surface area contributed by atoms with Gasteiger partial charge in [-0.05, 0) is 60.0 Å². The third kappa shape index (κ3) is 4.39. The highest BCUT2D eigenvalue weighted by atomic mass is 16.2. The van der Waals surface area contributed by atoms with E-state index in [-0.39, 0.29) is 11.8 Å². The second kappa shape index (κ2) is 9.06. The first-order chi connectivity index (χ1) is 16.5. The summed E-state index contributed by atoms with van der Waals surface area (Å²) in [6.45, 7) is 1.25. The molecule has 1 aliphatic heterocycles. The standard InChI is InChI=1S/C28H28N4O2/c1-31(2)22-11-9-21(10-12-22)29-28(34)20-8-13-25-24(17-20)23-14-15-32(18-26(23)30-25)27(33)16-19-6-4-3-5-7-19/h3-13,17,30H,14-16,18H2,1-2H3,(H,29,34). The van der Waals surface area contributed by atoms with Crippen LogP contribution in [0.3, 0.4) is 0 Å². The number of nitrogens with zero attached hydrogens (tertiary/aromatic N) is 2. The Morgan fingerprint density at radius 1 is 1.00 bits per heavy atom. The molecule has 2 heterocycles. The average molecular weight is 453 g/mol. The highest BCUT2D eigenvalue weighted by Gasteiger charge is 2.24. The summed E-state index contributed by atoms with van der Waals surface area (Å²) in [5.74, 6) is 0.000728. The van der Waals surface area contributed by atoms with Crippen LogP contribution in [0.25, 0.3) is 10.9 Å². The first-order valence-electron chi connectivity index (χ1n) is 11.5. The Kier molecular flexibility index (Phi) is 5.80. The van der Waals surface area contributed by atoms with E-state index in [2.05, 4.69) is 10.3 Å².